The highest BCUT2D eigenvalue weighted by molar-refractivity contribution is 5.69. The first-order chi connectivity index (χ1) is 14.1. The fourth-order valence-electron chi connectivity index (χ4n) is 9.27. The van der Waals surface area contributed by atoms with Crippen molar-refractivity contribution in [2.75, 3.05) is 7.11 Å². The maximum atomic E-state index is 11.7. The average molecular weight is 421 g/mol. The van der Waals surface area contributed by atoms with Crippen LogP contribution in [0.3, 0.4) is 0 Å². The Labute approximate surface area is 183 Å². The van der Waals surface area contributed by atoms with Gasteiger partial charge >= 0.3 is 5.97 Å². The second-order valence-electron chi connectivity index (χ2n) is 12.0. The van der Waals surface area contributed by atoms with Crippen LogP contribution >= 0.6 is 0 Å². The summed E-state index contributed by atoms with van der Waals surface area (Å²) in [6.07, 6.45) is 8.81. The van der Waals surface area contributed by atoms with Gasteiger partial charge in [-0.05, 0) is 104 Å². The molecule has 0 saturated heterocycles. The van der Waals surface area contributed by atoms with Crippen LogP contribution in [0.1, 0.15) is 85.5 Å². The van der Waals surface area contributed by atoms with Gasteiger partial charge in [0.25, 0.3) is 0 Å². The van der Waals surface area contributed by atoms with Crippen LogP contribution in [0.5, 0.6) is 0 Å². The highest BCUT2D eigenvalue weighted by Gasteiger charge is 2.64. The summed E-state index contributed by atoms with van der Waals surface area (Å²) in [4.78, 5) is 11.7. The number of ether oxygens (including phenoxy) is 1. The van der Waals surface area contributed by atoms with Gasteiger partial charge in [0.05, 0.1) is 19.3 Å². The minimum absolute atomic E-state index is 0.0970. The molecule has 4 aliphatic rings. The van der Waals surface area contributed by atoms with Gasteiger partial charge in [-0.3, -0.25) is 4.79 Å². The van der Waals surface area contributed by atoms with Crippen LogP contribution in [0.2, 0.25) is 0 Å². The summed E-state index contributed by atoms with van der Waals surface area (Å²) in [5.41, 5.74) is 0.535. The van der Waals surface area contributed by atoms with Crippen LogP contribution in [0.4, 0.5) is 0 Å². The molecule has 0 aromatic carbocycles. The van der Waals surface area contributed by atoms with Crippen LogP contribution in [0.15, 0.2) is 0 Å². The van der Waals surface area contributed by atoms with Crippen molar-refractivity contribution in [1.29, 1.82) is 0 Å². The summed E-state index contributed by atoms with van der Waals surface area (Å²) in [6.45, 7) is 9.56. The summed E-state index contributed by atoms with van der Waals surface area (Å²) in [7, 11) is 1.48. The first kappa shape index (κ1) is 22.6. The number of carbonyl (C=O) groups is 1. The molecule has 172 valence electrons. The normalized spacial score (nSPS) is 51.4. The number of rotatable bonds is 4. The summed E-state index contributed by atoms with van der Waals surface area (Å²) in [5, 5.41) is 21.9. The highest BCUT2D eigenvalue weighted by Crippen LogP contribution is 2.69. The second kappa shape index (κ2) is 8.06. The molecule has 4 aliphatic carbocycles. The third-order valence-electron chi connectivity index (χ3n) is 10.9. The van der Waals surface area contributed by atoms with E-state index in [9.17, 15) is 15.0 Å². The first-order valence-electron chi connectivity index (χ1n) is 12.6. The molecule has 0 spiro atoms. The lowest BCUT2D eigenvalue weighted by Crippen LogP contribution is -2.61. The van der Waals surface area contributed by atoms with E-state index in [0.717, 1.165) is 25.7 Å². The van der Waals surface area contributed by atoms with E-state index in [2.05, 4.69) is 27.7 Å². The molecule has 2 N–H and O–H groups in total. The van der Waals surface area contributed by atoms with Crippen molar-refractivity contribution in [2.45, 2.75) is 97.7 Å². The van der Waals surface area contributed by atoms with E-state index >= 15 is 0 Å². The number of hydrogen-bond donors (Lipinski definition) is 2. The third-order valence-corrected chi connectivity index (χ3v) is 10.9. The lowest BCUT2D eigenvalue weighted by Gasteiger charge is -2.64. The van der Waals surface area contributed by atoms with Crippen LogP contribution in [0, 0.1) is 52.3 Å². The van der Waals surface area contributed by atoms with Gasteiger partial charge in [0.2, 0.25) is 0 Å². The monoisotopic (exact) mass is 420 g/mol. The minimum Gasteiger partial charge on any atom is -0.469 e. The van der Waals surface area contributed by atoms with Crippen molar-refractivity contribution < 1.29 is 19.7 Å². The number of esters is 1. The Morgan fingerprint density at radius 2 is 1.70 bits per heavy atom. The van der Waals surface area contributed by atoms with Crippen molar-refractivity contribution in [2.24, 2.45) is 52.3 Å². The number of methoxy groups -OCH3 is 1. The summed E-state index contributed by atoms with van der Waals surface area (Å²) in [5.74, 6) is 3.33. The zero-order valence-electron chi connectivity index (χ0n) is 19.8. The van der Waals surface area contributed by atoms with Crippen molar-refractivity contribution in [3.63, 3.8) is 0 Å². The predicted molar refractivity (Wildman–Crippen MR) is 118 cm³/mol. The Morgan fingerprint density at radius 1 is 1.03 bits per heavy atom. The van der Waals surface area contributed by atoms with Gasteiger partial charge in [-0.15, -0.1) is 0 Å². The molecule has 0 amide bonds. The van der Waals surface area contributed by atoms with Crippen LogP contribution in [0.25, 0.3) is 0 Å². The predicted octanol–water partition coefficient (Wildman–Crippen LogP) is 4.81. The minimum atomic E-state index is -0.243. The average Bonchev–Trinajstić information content (AvgIpc) is 3.08. The Hall–Kier alpha value is -0.610. The SMILES string of the molecule is COC(=O)CC[C@@H](C)[C@H]1CC[C@H]2[C@@H]3C(O)[C@@H](C)[C@@H]4C[C@H](O)CC[C@]4(C)[C@H]3CC[C@]12C. The number of aliphatic hydroxyl groups is 2. The van der Waals surface area contributed by atoms with E-state index in [4.69, 9.17) is 4.74 Å². The molecule has 4 nitrogen and oxygen atoms in total. The molecule has 0 aromatic heterocycles. The van der Waals surface area contributed by atoms with E-state index in [1.807, 2.05) is 0 Å². The molecule has 0 bridgehead atoms. The molecule has 0 radical (unpaired) electrons. The van der Waals surface area contributed by atoms with Crippen molar-refractivity contribution in [3.05, 3.63) is 0 Å². The Morgan fingerprint density at radius 3 is 2.40 bits per heavy atom. The van der Waals surface area contributed by atoms with Gasteiger partial charge < -0.3 is 14.9 Å². The van der Waals surface area contributed by atoms with Crippen molar-refractivity contribution >= 4 is 5.97 Å². The maximum absolute atomic E-state index is 11.7. The van der Waals surface area contributed by atoms with Gasteiger partial charge in [0, 0.05) is 6.42 Å². The van der Waals surface area contributed by atoms with Gasteiger partial charge in [0.15, 0.2) is 0 Å². The Bertz CT molecular complexity index is 649. The molecule has 30 heavy (non-hydrogen) atoms. The maximum Gasteiger partial charge on any atom is 0.305 e. The first-order valence-corrected chi connectivity index (χ1v) is 12.6. The molecule has 1 unspecified atom stereocenters. The topological polar surface area (TPSA) is 66.8 Å². The van der Waals surface area contributed by atoms with E-state index in [0.29, 0.717) is 41.9 Å². The van der Waals surface area contributed by atoms with Gasteiger partial charge in [0.1, 0.15) is 0 Å². The molecular formula is C26H44O4. The van der Waals surface area contributed by atoms with E-state index < -0.39 is 0 Å². The fraction of sp³-hybridized carbons (Fsp3) is 0.962. The summed E-state index contributed by atoms with van der Waals surface area (Å²) < 4.78 is 4.87. The fourth-order valence-corrected chi connectivity index (χ4v) is 9.27. The third kappa shape index (κ3) is 3.36. The zero-order valence-corrected chi connectivity index (χ0v) is 19.8. The lowest BCUT2D eigenvalue weighted by atomic mass is 9.42. The number of hydrogen-bond acceptors (Lipinski definition) is 4. The molecule has 0 heterocycles. The second-order valence-corrected chi connectivity index (χ2v) is 12.0. The lowest BCUT2D eigenvalue weighted by molar-refractivity contribution is -0.199. The summed E-state index contributed by atoms with van der Waals surface area (Å²) in [6, 6.07) is 0. The Kier molecular flexibility index (Phi) is 6.07. The standard InChI is InChI=1S/C26H44O4/c1-15(6-9-22(28)30-5)18-7-8-19-23-20(11-13-25(18,19)3)26(4)12-10-17(27)14-21(26)16(2)24(23)29/h15-21,23-24,27,29H,6-14H2,1-5H3/t15-,16+,17-,18-,19+,20+,21+,23+,24?,25-,26-/m1/s1. The summed E-state index contributed by atoms with van der Waals surface area (Å²) >= 11 is 0. The largest absolute Gasteiger partial charge is 0.469 e. The zero-order chi connectivity index (χ0) is 21.8. The molecule has 0 aliphatic heterocycles. The van der Waals surface area contributed by atoms with Crippen LogP contribution < -0.4 is 0 Å². The molecule has 4 heteroatoms. The molecule has 4 fully saturated rings. The number of fused-ring (bicyclic) bond motifs is 5. The highest BCUT2D eigenvalue weighted by atomic mass is 16.5. The quantitative estimate of drug-likeness (QED) is 0.640. The van der Waals surface area contributed by atoms with Gasteiger partial charge in [-0.2, -0.15) is 0 Å². The molecular weight excluding hydrogens is 376 g/mol. The smallest absolute Gasteiger partial charge is 0.305 e. The Balaban J connectivity index is 1.56. The molecule has 4 rings (SSSR count). The number of aliphatic hydroxyl groups excluding tert-OH is 2. The van der Waals surface area contributed by atoms with Gasteiger partial charge in [-0.1, -0.05) is 27.7 Å². The van der Waals surface area contributed by atoms with Crippen molar-refractivity contribution in [1.82, 2.24) is 0 Å². The van der Waals surface area contributed by atoms with Crippen LogP contribution in [-0.2, 0) is 9.53 Å². The van der Waals surface area contributed by atoms with E-state index in [1.54, 1.807) is 0 Å². The molecule has 0 aromatic rings. The molecule has 11 atom stereocenters. The molecule has 4 saturated carbocycles. The van der Waals surface area contributed by atoms with E-state index in [1.165, 1.54) is 32.8 Å². The van der Waals surface area contributed by atoms with Crippen LogP contribution in [-0.4, -0.2) is 35.5 Å². The van der Waals surface area contributed by atoms with Crippen molar-refractivity contribution in [3.8, 4) is 0 Å². The van der Waals surface area contributed by atoms with Gasteiger partial charge in [-0.25, -0.2) is 0 Å². The number of carbonyl (C=O) groups excluding carboxylic acids is 1. The van der Waals surface area contributed by atoms with E-state index in [-0.39, 0.29) is 34.9 Å².